The highest BCUT2D eigenvalue weighted by atomic mass is 16.5. The lowest BCUT2D eigenvalue weighted by Gasteiger charge is -2.52. The fraction of sp³-hybridized carbons (Fsp3) is 0.708. The van der Waals surface area contributed by atoms with Gasteiger partial charge in [-0.3, -0.25) is 4.79 Å². The zero-order valence-corrected chi connectivity index (χ0v) is 17.7. The van der Waals surface area contributed by atoms with Gasteiger partial charge in [0.1, 0.15) is 5.75 Å². The molecule has 0 heterocycles. The molecule has 1 aromatic rings. The molecule has 6 atom stereocenters. The smallest absolute Gasteiger partial charge is 0.166 e. The van der Waals surface area contributed by atoms with Gasteiger partial charge in [0, 0.05) is 11.5 Å². The van der Waals surface area contributed by atoms with Gasteiger partial charge in [-0.15, -0.1) is 0 Å². The lowest BCUT2D eigenvalue weighted by atomic mass is 9.52. The van der Waals surface area contributed by atoms with Gasteiger partial charge in [-0.05, 0) is 87.3 Å². The standard InChI is InChI=1S/C24H34O3/c1-14-21-17(16-8-7-15(26-6)13-18(16)22(14)25)11-12-24(5)19(21)9-10-20(24)27-23(2,3)4/h7-8,13-14,17,19-21H,9-12H2,1-6H3/t14-,17+,19-,20-,21+,24-/m0/s1. The Morgan fingerprint density at radius 2 is 1.89 bits per heavy atom. The van der Waals surface area contributed by atoms with Crippen LogP contribution in [0.25, 0.3) is 0 Å². The third-order valence-corrected chi connectivity index (χ3v) is 7.66. The van der Waals surface area contributed by atoms with E-state index in [-0.39, 0.29) is 16.9 Å². The van der Waals surface area contributed by atoms with E-state index in [9.17, 15) is 4.79 Å². The van der Waals surface area contributed by atoms with Crippen molar-refractivity contribution in [1.82, 2.24) is 0 Å². The van der Waals surface area contributed by atoms with E-state index in [2.05, 4.69) is 40.7 Å². The normalized spacial score (nSPS) is 38.1. The van der Waals surface area contributed by atoms with E-state index in [1.54, 1.807) is 7.11 Å². The molecule has 4 rings (SSSR count). The van der Waals surface area contributed by atoms with Crippen molar-refractivity contribution in [3.8, 4) is 5.75 Å². The van der Waals surface area contributed by atoms with Gasteiger partial charge in [-0.25, -0.2) is 0 Å². The topological polar surface area (TPSA) is 35.5 Å². The Bertz CT molecular complexity index is 746. The second-order valence-corrected chi connectivity index (χ2v) is 10.2. The maximum Gasteiger partial charge on any atom is 0.166 e. The number of carbonyl (C=O) groups is 1. The molecule has 3 aliphatic carbocycles. The Kier molecular flexibility index (Phi) is 4.46. The highest BCUT2D eigenvalue weighted by Gasteiger charge is 2.58. The van der Waals surface area contributed by atoms with Gasteiger partial charge >= 0.3 is 0 Å². The summed E-state index contributed by atoms with van der Waals surface area (Å²) in [7, 11) is 1.67. The lowest BCUT2D eigenvalue weighted by Crippen LogP contribution is -2.49. The predicted molar refractivity (Wildman–Crippen MR) is 107 cm³/mol. The highest BCUT2D eigenvalue weighted by Crippen LogP contribution is 2.63. The van der Waals surface area contributed by atoms with E-state index in [1.807, 2.05) is 12.1 Å². The third-order valence-electron chi connectivity index (χ3n) is 7.66. The second-order valence-electron chi connectivity index (χ2n) is 10.2. The first-order chi connectivity index (χ1) is 12.7. The van der Waals surface area contributed by atoms with Crippen LogP contribution in [0.2, 0.25) is 0 Å². The van der Waals surface area contributed by atoms with Crippen LogP contribution in [-0.4, -0.2) is 24.6 Å². The molecule has 0 amide bonds. The minimum absolute atomic E-state index is 0.0765. The van der Waals surface area contributed by atoms with E-state index in [4.69, 9.17) is 9.47 Å². The Morgan fingerprint density at radius 1 is 1.15 bits per heavy atom. The second kappa shape index (κ2) is 6.34. The largest absolute Gasteiger partial charge is 0.497 e. The number of rotatable bonds is 2. The molecule has 0 spiro atoms. The molecule has 27 heavy (non-hydrogen) atoms. The fourth-order valence-electron chi connectivity index (χ4n) is 6.45. The molecule has 148 valence electrons. The summed E-state index contributed by atoms with van der Waals surface area (Å²) in [6.07, 6.45) is 4.95. The summed E-state index contributed by atoms with van der Waals surface area (Å²) in [5.74, 6) is 2.66. The van der Waals surface area contributed by atoms with Crippen LogP contribution in [0.15, 0.2) is 18.2 Å². The summed E-state index contributed by atoms with van der Waals surface area (Å²) in [4.78, 5) is 13.3. The van der Waals surface area contributed by atoms with Crippen molar-refractivity contribution in [2.45, 2.75) is 77.9 Å². The molecule has 1 aromatic carbocycles. The number of ether oxygens (including phenoxy) is 2. The van der Waals surface area contributed by atoms with Crippen LogP contribution < -0.4 is 4.74 Å². The number of Topliss-reactive ketones (excluding diaryl/α,β-unsaturated/α-hetero) is 1. The van der Waals surface area contributed by atoms with Crippen LogP contribution >= 0.6 is 0 Å². The van der Waals surface area contributed by atoms with Gasteiger partial charge < -0.3 is 9.47 Å². The van der Waals surface area contributed by atoms with Gasteiger partial charge in [0.2, 0.25) is 0 Å². The molecule has 0 aliphatic heterocycles. The molecule has 3 aliphatic rings. The molecule has 0 radical (unpaired) electrons. The summed E-state index contributed by atoms with van der Waals surface area (Å²) in [5.41, 5.74) is 2.22. The number of ketones is 1. The molecule has 3 nitrogen and oxygen atoms in total. The van der Waals surface area contributed by atoms with Gasteiger partial charge in [-0.1, -0.05) is 19.9 Å². The van der Waals surface area contributed by atoms with Crippen LogP contribution in [-0.2, 0) is 4.74 Å². The summed E-state index contributed by atoms with van der Waals surface area (Å²) in [5, 5.41) is 0. The summed E-state index contributed by atoms with van der Waals surface area (Å²) < 4.78 is 11.9. The van der Waals surface area contributed by atoms with Crippen molar-refractivity contribution in [3.63, 3.8) is 0 Å². The van der Waals surface area contributed by atoms with E-state index in [0.29, 0.717) is 29.6 Å². The molecule has 0 unspecified atom stereocenters. The number of hydrogen-bond acceptors (Lipinski definition) is 3. The van der Waals surface area contributed by atoms with Crippen molar-refractivity contribution in [2.75, 3.05) is 7.11 Å². The van der Waals surface area contributed by atoms with Gasteiger partial charge in [-0.2, -0.15) is 0 Å². The first kappa shape index (κ1) is 19.0. The van der Waals surface area contributed by atoms with Gasteiger partial charge in [0.05, 0.1) is 18.8 Å². The maximum absolute atomic E-state index is 13.3. The van der Waals surface area contributed by atoms with E-state index < -0.39 is 0 Å². The van der Waals surface area contributed by atoms with Crippen LogP contribution in [0, 0.1) is 23.2 Å². The van der Waals surface area contributed by atoms with E-state index in [1.165, 1.54) is 18.4 Å². The predicted octanol–water partition coefficient (Wildman–Crippen LogP) is 5.62. The fourth-order valence-corrected chi connectivity index (χ4v) is 6.45. The molecular weight excluding hydrogens is 336 g/mol. The molecule has 3 heteroatoms. The summed E-state index contributed by atoms with van der Waals surface area (Å²) in [6.45, 7) is 11.1. The molecule has 0 saturated heterocycles. The van der Waals surface area contributed by atoms with Crippen molar-refractivity contribution in [1.29, 1.82) is 0 Å². The maximum atomic E-state index is 13.3. The SMILES string of the molecule is COc1ccc2c(c1)C(=O)[C@@H](C)[C@@H]1[C@@H]2CC[C@]2(C)[C@@H](OC(C)(C)C)CC[C@@H]12. The quantitative estimate of drug-likeness (QED) is 0.677. The van der Waals surface area contributed by atoms with Crippen LogP contribution in [0.5, 0.6) is 5.75 Å². The molecular formula is C24H34O3. The van der Waals surface area contributed by atoms with Crippen molar-refractivity contribution < 1.29 is 14.3 Å². The Morgan fingerprint density at radius 3 is 2.56 bits per heavy atom. The minimum atomic E-state index is -0.115. The average Bonchev–Trinajstić information content (AvgIpc) is 2.93. The Balaban J connectivity index is 1.70. The number of carbonyl (C=O) groups excluding carboxylic acids is 1. The molecule has 0 bridgehead atoms. The van der Waals surface area contributed by atoms with Gasteiger partial charge in [0.15, 0.2) is 5.78 Å². The zero-order valence-electron chi connectivity index (χ0n) is 17.7. The van der Waals surface area contributed by atoms with Crippen molar-refractivity contribution >= 4 is 5.78 Å². The van der Waals surface area contributed by atoms with Crippen molar-refractivity contribution in [2.24, 2.45) is 23.2 Å². The average molecular weight is 371 g/mol. The summed E-state index contributed by atoms with van der Waals surface area (Å²) >= 11 is 0. The summed E-state index contributed by atoms with van der Waals surface area (Å²) in [6, 6.07) is 6.13. The lowest BCUT2D eigenvalue weighted by molar-refractivity contribution is -0.127. The van der Waals surface area contributed by atoms with E-state index >= 15 is 0 Å². The first-order valence-electron chi connectivity index (χ1n) is 10.6. The number of hydrogen-bond donors (Lipinski definition) is 0. The Labute approximate surface area is 163 Å². The molecule has 0 N–H and O–H groups in total. The number of methoxy groups -OCH3 is 1. The molecule has 2 saturated carbocycles. The Hall–Kier alpha value is -1.35. The zero-order chi connectivity index (χ0) is 19.6. The molecule has 0 aromatic heterocycles. The highest BCUT2D eigenvalue weighted by molar-refractivity contribution is 6.01. The first-order valence-corrected chi connectivity index (χ1v) is 10.6. The number of benzene rings is 1. The number of fused-ring (bicyclic) bond motifs is 5. The van der Waals surface area contributed by atoms with Crippen LogP contribution in [0.3, 0.4) is 0 Å². The van der Waals surface area contributed by atoms with E-state index in [0.717, 1.165) is 24.2 Å². The molecule has 2 fully saturated rings. The third kappa shape index (κ3) is 2.93. The van der Waals surface area contributed by atoms with Crippen LogP contribution in [0.4, 0.5) is 0 Å². The van der Waals surface area contributed by atoms with Crippen molar-refractivity contribution in [3.05, 3.63) is 29.3 Å². The van der Waals surface area contributed by atoms with Gasteiger partial charge in [0.25, 0.3) is 0 Å². The minimum Gasteiger partial charge on any atom is -0.497 e. The van der Waals surface area contributed by atoms with Crippen LogP contribution in [0.1, 0.15) is 82.1 Å². The monoisotopic (exact) mass is 370 g/mol.